The second-order valence-corrected chi connectivity index (χ2v) is 5.02. The molecular formula is C9H18OS. The highest BCUT2D eigenvalue weighted by molar-refractivity contribution is 7.84. The minimum absolute atomic E-state index is 0.487. The molecule has 0 radical (unpaired) electrons. The summed E-state index contributed by atoms with van der Waals surface area (Å²) in [5.74, 6) is 1.92. The molecule has 66 valence electrons. The largest absolute Gasteiger partial charge is 0.260 e. The molecule has 0 aromatic rings. The van der Waals surface area contributed by atoms with E-state index in [1.807, 2.05) is 0 Å². The molecule has 1 nitrogen and oxygen atoms in total. The van der Waals surface area contributed by atoms with Gasteiger partial charge in [0.1, 0.15) is 0 Å². The third-order valence-corrected chi connectivity index (χ3v) is 3.73. The molecule has 0 aliphatic carbocycles. The number of hydrogen-bond donors (Lipinski definition) is 0. The summed E-state index contributed by atoms with van der Waals surface area (Å²) in [6, 6.07) is 0. The molecular weight excluding hydrogens is 156 g/mol. The molecule has 2 heteroatoms. The van der Waals surface area contributed by atoms with Crippen molar-refractivity contribution in [1.82, 2.24) is 0 Å². The molecule has 0 aromatic carbocycles. The highest BCUT2D eigenvalue weighted by Crippen LogP contribution is 2.10. The Labute approximate surface area is 72.0 Å². The van der Waals surface area contributed by atoms with Gasteiger partial charge in [-0.3, -0.25) is 4.21 Å². The first-order valence-corrected chi connectivity index (χ1v) is 6.23. The average Bonchev–Trinajstić information content (AvgIpc) is 2.03. The molecule has 1 aliphatic rings. The Kier molecular flexibility index (Phi) is 4.84. The van der Waals surface area contributed by atoms with E-state index in [1.54, 1.807) is 0 Å². The van der Waals surface area contributed by atoms with Crippen molar-refractivity contribution in [2.75, 3.05) is 11.5 Å². The van der Waals surface area contributed by atoms with Crippen molar-refractivity contribution in [3.05, 3.63) is 0 Å². The summed E-state index contributed by atoms with van der Waals surface area (Å²) in [7, 11) is -0.487. The second-order valence-electron chi connectivity index (χ2n) is 3.32. The molecule has 1 fully saturated rings. The lowest BCUT2D eigenvalue weighted by Crippen LogP contribution is -2.04. The second kappa shape index (κ2) is 5.76. The van der Waals surface area contributed by atoms with E-state index in [0.29, 0.717) is 0 Å². The quantitative estimate of drug-likeness (QED) is 0.551. The lowest BCUT2D eigenvalue weighted by Gasteiger charge is -2.06. The fourth-order valence-electron chi connectivity index (χ4n) is 1.51. The van der Waals surface area contributed by atoms with Gasteiger partial charge in [0.15, 0.2) is 0 Å². The molecule has 11 heavy (non-hydrogen) atoms. The normalized spacial score (nSPS) is 24.7. The molecule has 0 atom stereocenters. The van der Waals surface area contributed by atoms with Crippen LogP contribution in [0.1, 0.15) is 44.9 Å². The Morgan fingerprint density at radius 1 is 0.636 bits per heavy atom. The van der Waals surface area contributed by atoms with Gasteiger partial charge in [0, 0.05) is 22.3 Å². The van der Waals surface area contributed by atoms with Gasteiger partial charge < -0.3 is 0 Å². The standard InChI is InChI=1S/C9H18OS/c10-11-8-6-4-2-1-3-5-7-9-11/h1-9H2. The molecule has 0 unspecified atom stereocenters. The van der Waals surface area contributed by atoms with Gasteiger partial charge in [0.2, 0.25) is 0 Å². The van der Waals surface area contributed by atoms with Crippen LogP contribution in [-0.4, -0.2) is 15.7 Å². The Bertz CT molecular complexity index is 111. The van der Waals surface area contributed by atoms with Crippen LogP contribution in [0.4, 0.5) is 0 Å². The SMILES string of the molecule is O=S1CCCCCCCCC1. The predicted octanol–water partition coefficient (Wildman–Crippen LogP) is 2.48. The first-order chi connectivity index (χ1) is 5.39. The molecule has 0 aromatic heterocycles. The number of rotatable bonds is 0. The van der Waals surface area contributed by atoms with Crippen molar-refractivity contribution in [2.45, 2.75) is 44.9 Å². The van der Waals surface area contributed by atoms with Crippen molar-refractivity contribution < 1.29 is 4.21 Å². The van der Waals surface area contributed by atoms with E-state index in [9.17, 15) is 4.21 Å². The van der Waals surface area contributed by atoms with E-state index in [1.165, 1.54) is 44.9 Å². The summed E-state index contributed by atoms with van der Waals surface area (Å²) in [6.45, 7) is 0. The van der Waals surface area contributed by atoms with Gasteiger partial charge in [-0.05, 0) is 12.8 Å². The van der Waals surface area contributed by atoms with E-state index in [-0.39, 0.29) is 0 Å². The van der Waals surface area contributed by atoms with Gasteiger partial charge in [0.25, 0.3) is 0 Å². The molecule has 1 saturated heterocycles. The molecule has 1 heterocycles. The summed E-state index contributed by atoms with van der Waals surface area (Å²) >= 11 is 0. The zero-order valence-electron chi connectivity index (χ0n) is 7.18. The van der Waals surface area contributed by atoms with Crippen LogP contribution in [-0.2, 0) is 10.8 Å². The van der Waals surface area contributed by atoms with Crippen molar-refractivity contribution in [3.8, 4) is 0 Å². The Hall–Kier alpha value is 0.150. The zero-order valence-corrected chi connectivity index (χ0v) is 8.00. The first-order valence-electron chi connectivity index (χ1n) is 4.74. The molecule has 0 saturated carbocycles. The summed E-state index contributed by atoms with van der Waals surface area (Å²) in [4.78, 5) is 0. The van der Waals surface area contributed by atoms with Crippen LogP contribution >= 0.6 is 0 Å². The van der Waals surface area contributed by atoms with Crippen LogP contribution in [0.5, 0.6) is 0 Å². The van der Waals surface area contributed by atoms with E-state index in [0.717, 1.165) is 11.5 Å². The smallest absolute Gasteiger partial charge is 0.0234 e. The number of hydrogen-bond acceptors (Lipinski definition) is 1. The highest BCUT2D eigenvalue weighted by Gasteiger charge is 2.01. The van der Waals surface area contributed by atoms with Crippen LogP contribution in [0.25, 0.3) is 0 Å². The van der Waals surface area contributed by atoms with Crippen LogP contribution in [0.15, 0.2) is 0 Å². The first kappa shape index (κ1) is 9.24. The van der Waals surface area contributed by atoms with Crippen LogP contribution in [0.2, 0.25) is 0 Å². The molecule has 1 rings (SSSR count). The van der Waals surface area contributed by atoms with Gasteiger partial charge in [-0.1, -0.05) is 32.1 Å². The van der Waals surface area contributed by atoms with E-state index in [2.05, 4.69) is 0 Å². The lowest BCUT2D eigenvalue weighted by molar-refractivity contribution is 0.591. The summed E-state index contributed by atoms with van der Waals surface area (Å²) in [6.07, 6.45) is 9.08. The Balaban J connectivity index is 2.17. The van der Waals surface area contributed by atoms with Crippen molar-refractivity contribution >= 4 is 10.8 Å². The molecule has 0 N–H and O–H groups in total. The predicted molar refractivity (Wildman–Crippen MR) is 50.2 cm³/mol. The zero-order chi connectivity index (χ0) is 7.94. The minimum atomic E-state index is -0.487. The average molecular weight is 174 g/mol. The van der Waals surface area contributed by atoms with Gasteiger partial charge in [0.05, 0.1) is 0 Å². The lowest BCUT2D eigenvalue weighted by atomic mass is 10.1. The maximum absolute atomic E-state index is 11.2. The fraction of sp³-hybridized carbons (Fsp3) is 1.00. The van der Waals surface area contributed by atoms with Crippen molar-refractivity contribution in [1.29, 1.82) is 0 Å². The maximum Gasteiger partial charge on any atom is 0.0234 e. The summed E-state index contributed by atoms with van der Waals surface area (Å²) in [5.41, 5.74) is 0. The van der Waals surface area contributed by atoms with Crippen LogP contribution in [0.3, 0.4) is 0 Å². The summed E-state index contributed by atoms with van der Waals surface area (Å²) < 4.78 is 11.2. The third-order valence-electron chi connectivity index (χ3n) is 2.24. The Morgan fingerprint density at radius 2 is 1.00 bits per heavy atom. The van der Waals surface area contributed by atoms with Gasteiger partial charge in [-0.2, -0.15) is 0 Å². The van der Waals surface area contributed by atoms with E-state index in [4.69, 9.17) is 0 Å². The van der Waals surface area contributed by atoms with Gasteiger partial charge >= 0.3 is 0 Å². The molecule has 1 aliphatic heterocycles. The third kappa shape index (κ3) is 4.57. The van der Waals surface area contributed by atoms with E-state index >= 15 is 0 Å². The van der Waals surface area contributed by atoms with Crippen LogP contribution in [0, 0.1) is 0 Å². The molecule has 0 spiro atoms. The van der Waals surface area contributed by atoms with Crippen LogP contribution < -0.4 is 0 Å². The highest BCUT2D eigenvalue weighted by atomic mass is 32.2. The fourth-order valence-corrected chi connectivity index (χ4v) is 2.77. The molecule has 0 amide bonds. The van der Waals surface area contributed by atoms with Gasteiger partial charge in [-0.25, -0.2) is 0 Å². The minimum Gasteiger partial charge on any atom is -0.260 e. The Morgan fingerprint density at radius 3 is 1.45 bits per heavy atom. The monoisotopic (exact) mass is 174 g/mol. The van der Waals surface area contributed by atoms with Crippen molar-refractivity contribution in [3.63, 3.8) is 0 Å². The van der Waals surface area contributed by atoms with E-state index < -0.39 is 10.8 Å². The topological polar surface area (TPSA) is 17.1 Å². The van der Waals surface area contributed by atoms with Gasteiger partial charge in [-0.15, -0.1) is 0 Å². The maximum atomic E-state index is 11.2. The van der Waals surface area contributed by atoms with Crippen molar-refractivity contribution in [2.24, 2.45) is 0 Å². The molecule has 0 bridgehead atoms. The summed E-state index contributed by atoms with van der Waals surface area (Å²) in [5, 5.41) is 0.